The maximum absolute atomic E-state index is 13.4. The molecule has 0 atom stereocenters. The minimum atomic E-state index is -1.04. The van der Waals surface area contributed by atoms with Crippen molar-refractivity contribution in [2.75, 3.05) is 5.43 Å². The van der Waals surface area contributed by atoms with E-state index in [9.17, 15) is 13.6 Å². The first-order valence-electron chi connectivity index (χ1n) is 4.63. The maximum Gasteiger partial charge on any atom is 0.237 e. The number of nitrogens with zero attached hydrogens (tertiary/aromatic N) is 3. The second-order valence-corrected chi connectivity index (χ2v) is 3.17. The SMILES string of the molecule is CC(=O)c1cc(F)c(NN=C(C#N)C#N)c(F)c1. The van der Waals surface area contributed by atoms with E-state index in [0.717, 1.165) is 12.1 Å². The highest BCUT2D eigenvalue weighted by atomic mass is 19.1. The molecule has 1 N–H and O–H groups in total. The van der Waals surface area contributed by atoms with Gasteiger partial charge in [-0.05, 0) is 19.1 Å². The second-order valence-electron chi connectivity index (χ2n) is 3.17. The van der Waals surface area contributed by atoms with Gasteiger partial charge in [0.25, 0.3) is 0 Å². The summed E-state index contributed by atoms with van der Waals surface area (Å²) in [4.78, 5) is 11.0. The fourth-order valence-corrected chi connectivity index (χ4v) is 1.07. The van der Waals surface area contributed by atoms with Crippen LogP contribution in [0.5, 0.6) is 0 Å². The van der Waals surface area contributed by atoms with Crippen LogP contribution in [-0.2, 0) is 0 Å². The zero-order valence-corrected chi connectivity index (χ0v) is 9.16. The van der Waals surface area contributed by atoms with Gasteiger partial charge in [-0.3, -0.25) is 10.2 Å². The highest BCUT2D eigenvalue weighted by Gasteiger charge is 2.13. The average molecular weight is 248 g/mol. The quantitative estimate of drug-likeness (QED) is 0.503. The first-order valence-corrected chi connectivity index (χ1v) is 4.63. The van der Waals surface area contributed by atoms with Crippen molar-refractivity contribution in [2.45, 2.75) is 6.92 Å². The van der Waals surface area contributed by atoms with Gasteiger partial charge in [0.2, 0.25) is 5.71 Å². The minimum Gasteiger partial charge on any atom is -0.295 e. The van der Waals surface area contributed by atoms with E-state index in [2.05, 4.69) is 5.10 Å². The molecule has 0 aromatic heterocycles. The van der Waals surface area contributed by atoms with Gasteiger partial charge in [-0.1, -0.05) is 0 Å². The van der Waals surface area contributed by atoms with E-state index >= 15 is 0 Å². The van der Waals surface area contributed by atoms with Gasteiger partial charge in [-0.2, -0.15) is 15.6 Å². The van der Waals surface area contributed by atoms with Crippen LogP contribution in [0.2, 0.25) is 0 Å². The molecule has 5 nitrogen and oxygen atoms in total. The van der Waals surface area contributed by atoms with Gasteiger partial charge < -0.3 is 0 Å². The lowest BCUT2D eigenvalue weighted by atomic mass is 10.1. The van der Waals surface area contributed by atoms with Crippen molar-refractivity contribution in [3.05, 3.63) is 29.3 Å². The molecule has 0 heterocycles. The van der Waals surface area contributed by atoms with Gasteiger partial charge in [0.05, 0.1) is 0 Å². The molecule has 0 aliphatic heterocycles. The molecule has 18 heavy (non-hydrogen) atoms. The van der Waals surface area contributed by atoms with Gasteiger partial charge in [0.15, 0.2) is 17.4 Å². The number of hydrogen-bond acceptors (Lipinski definition) is 5. The predicted molar refractivity (Wildman–Crippen MR) is 58.6 cm³/mol. The van der Waals surface area contributed by atoms with Crippen molar-refractivity contribution in [3.63, 3.8) is 0 Å². The number of hydrazone groups is 1. The van der Waals surface area contributed by atoms with Crippen molar-refractivity contribution in [2.24, 2.45) is 5.10 Å². The number of ketones is 1. The number of anilines is 1. The number of Topliss-reactive ketones (excluding diaryl/α,β-unsaturated/α-hetero) is 1. The Morgan fingerprint density at radius 2 is 1.78 bits per heavy atom. The molecule has 0 amide bonds. The third-order valence-corrected chi connectivity index (χ3v) is 1.94. The lowest BCUT2D eigenvalue weighted by molar-refractivity contribution is 0.101. The van der Waals surface area contributed by atoms with Crippen LogP contribution in [0.1, 0.15) is 17.3 Å². The molecule has 1 rings (SSSR count). The highest BCUT2D eigenvalue weighted by molar-refractivity contribution is 6.10. The molecular formula is C11H6F2N4O. The van der Waals surface area contributed by atoms with Crippen molar-refractivity contribution >= 4 is 17.2 Å². The summed E-state index contributed by atoms with van der Waals surface area (Å²) in [5, 5.41) is 20.0. The topological polar surface area (TPSA) is 89.0 Å². The van der Waals surface area contributed by atoms with E-state index < -0.39 is 28.8 Å². The Morgan fingerprint density at radius 3 is 2.17 bits per heavy atom. The Labute approximate surface area is 101 Å². The minimum absolute atomic E-state index is 0.125. The monoisotopic (exact) mass is 248 g/mol. The molecule has 0 saturated carbocycles. The molecule has 0 spiro atoms. The lowest BCUT2D eigenvalue weighted by Crippen LogP contribution is -2.03. The van der Waals surface area contributed by atoms with E-state index in [-0.39, 0.29) is 5.56 Å². The van der Waals surface area contributed by atoms with Crippen LogP contribution in [0.4, 0.5) is 14.5 Å². The summed E-state index contributed by atoms with van der Waals surface area (Å²) in [6.45, 7) is 1.17. The first kappa shape index (κ1) is 13.3. The normalized spacial score (nSPS) is 8.94. The van der Waals surface area contributed by atoms with Gasteiger partial charge in [-0.25, -0.2) is 8.78 Å². The molecule has 1 aromatic rings. The highest BCUT2D eigenvalue weighted by Crippen LogP contribution is 2.21. The molecule has 0 aliphatic carbocycles. The van der Waals surface area contributed by atoms with Gasteiger partial charge >= 0.3 is 0 Å². The number of carbonyl (C=O) groups is 1. The maximum atomic E-state index is 13.4. The summed E-state index contributed by atoms with van der Waals surface area (Å²) in [6, 6.07) is 4.51. The standard InChI is InChI=1S/C11H6F2N4O/c1-6(18)7-2-9(12)11(10(13)3-7)17-16-8(4-14)5-15/h2-3,17H,1H3. The van der Waals surface area contributed by atoms with Crippen LogP contribution in [0.15, 0.2) is 17.2 Å². The number of carbonyl (C=O) groups excluding carboxylic acids is 1. The fraction of sp³-hybridized carbons (Fsp3) is 0.0909. The molecule has 0 aliphatic rings. The van der Waals surface area contributed by atoms with Gasteiger partial charge in [-0.15, -0.1) is 0 Å². The summed E-state index contributed by atoms with van der Waals surface area (Å²) < 4.78 is 26.9. The third kappa shape index (κ3) is 2.86. The number of halogens is 2. The summed E-state index contributed by atoms with van der Waals surface area (Å²) in [5.41, 5.74) is 0.591. The molecule has 0 bridgehead atoms. The van der Waals surface area contributed by atoms with Crippen molar-refractivity contribution in [1.82, 2.24) is 0 Å². The molecule has 1 aromatic carbocycles. The zero-order valence-electron chi connectivity index (χ0n) is 9.16. The van der Waals surface area contributed by atoms with E-state index in [4.69, 9.17) is 10.5 Å². The van der Waals surface area contributed by atoms with Gasteiger partial charge in [0, 0.05) is 5.56 Å². The Kier molecular flexibility index (Phi) is 4.06. The van der Waals surface area contributed by atoms with E-state index in [1.54, 1.807) is 0 Å². The van der Waals surface area contributed by atoms with Crippen LogP contribution in [0.25, 0.3) is 0 Å². The summed E-state index contributed by atoms with van der Waals surface area (Å²) in [6.07, 6.45) is 0. The molecule has 0 unspecified atom stereocenters. The van der Waals surface area contributed by atoms with Crippen LogP contribution >= 0.6 is 0 Å². The Morgan fingerprint density at radius 1 is 1.28 bits per heavy atom. The smallest absolute Gasteiger partial charge is 0.237 e. The van der Waals surface area contributed by atoms with Crippen LogP contribution in [-0.4, -0.2) is 11.5 Å². The first-order chi connectivity index (χ1) is 8.49. The molecular weight excluding hydrogens is 242 g/mol. The Hall–Kier alpha value is -2.80. The van der Waals surface area contributed by atoms with E-state index in [1.165, 1.54) is 19.1 Å². The fourth-order valence-electron chi connectivity index (χ4n) is 1.07. The summed E-state index contributed by atoms with van der Waals surface area (Å²) >= 11 is 0. The molecule has 7 heteroatoms. The van der Waals surface area contributed by atoms with E-state index in [0.29, 0.717) is 0 Å². The Bertz CT molecular complexity index is 571. The van der Waals surface area contributed by atoms with Crippen molar-refractivity contribution < 1.29 is 13.6 Å². The molecule has 90 valence electrons. The van der Waals surface area contributed by atoms with Crippen molar-refractivity contribution in [1.29, 1.82) is 10.5 Å². The predicted octanol–water partition coefficient (Wildman–Crippen LogP) is 1.98. The average Bonchev–Trinajstić information content (AvgIpc) is 2.32. The summed E-state index contributed by atoms with van der Waals surface area (Å²) in [5.74, 6) is -2.57. The lowest BCUT2D eigenvalue weighted by Gasteiger charge is -2.05. The number of rotatable bonds is 3. The number of benzene rings is 1. The van der Waals surface area contributed by atoms with Crippen LogP contribution in [0, 0.1) is 34.3 Å². The Balaban J connectivity index is 3.14. The van der Waals surface area contributed by atoms with Gasteiger partial charge in [0.1, 0.15) is 17.8 Å². The number of nitrogens with one attached hydrogen (secondary N) is 1. The molecule has 0 saturated heterocycles. The van der Waals surface area contributed by atoms with E-state index in [1.807, 2.05) is 5.43 Å². The van der Waals surface area contributed by atoms with Crippen LogP contribution < -0.4 is 5.43 Å². The number of nitriles is 2. The third-order valence-electron chi connectivity index (χ3n) is 1.94. The largest absolute Gasteiger partial charge is 0.295 e. The number of hydrogen-bond donors (Lipinski definition) is 1. The molecule has 0 radical (unpaired) electrons. The summed E-state index contributed by atoms with van der Waals surface area (Å²) in [7, 11) is 0. The molecule has 0 fully saturated rings. The van der Waals surface area contributed by atoms with Crippen molar-refractivity contribution in [3.8, 4) is 12.1 Å². The second kappa shape index (κ2) is 5.51. The zero-order chi connectivity index (χ0) is 13.7. The van der Waals surface area contributed by atoms with Crippen LogP contribution in [0.3, 0.4) is 0 Å².